The van der Waals surface area contributed by atoms with Gasteiger partial charge in [0.2, 0.25) is 0 Å². The Morgan fingerprint density at radius 3 is 2.69 bits per heavy atom. The summed E-state index contributed by atoms with van der Waals surface area (Å²) in [6, 6.07) is 12.9. The van der Waals surface area contributed by atoms with Crippen LogP contribution in [0.5, 0.6) is 5.75 Å². The minimum atomic E-state index is -0.455. The number of rotatable bonds is 5. The molecule has 0 unspecified atom stereocenters. The first-order valence-electron chi connectivity index (χ1n) is 7.45. The van der Waals surface area contributed by atoms with Gasteiger partial charge >= 0.3 is 5.97 Å². The lowest BCUT2D eigenvalue weighted by Gasteiger charge is -2.13. The molecule has 2 aromatic carbocycles. The van der Waals surface area contributed by atoms with E-state index in [4.69, 9.17) is 14.7 Å². The van der Waals surface area contributed by atoms with Crippen molar-refractivity contribution in [2.75, 3.05) is 13.4 Å². The Morgan fingerprint density at radius 2 is 2.08 bits per heavy atom. The van der Waals surface area contributed by atoms with Crippen molar-refractivity contribution in [2.45, 2.75) is 6.61 Å². The van der Waals surface area contributed by atoms with Gasteiger partial charge in [0, 0.05) is 3.57 Å². The molecule has 0 amide bonds. The van der Waals surface area contributed by atoms with Crippen molar-refractivity contribution in [1.82, 2.24) is 5.32 Å². The third-order valence-corrected chi connectivity index (χ3v) is 4.66. The summed E-state index contributed by atoms with van der Waals surface area (Å²) >= 11 is 3.38. The molecule has 0 fully saturated rings. The second-order valence-corrected chi connectivity index (χ2v) is 6.89. The molecule has 0 spiro atoms. The number of ether oxygens (including phenoxy) is 2. The van der Waals surface area contributed by atoms with E-state index in [2.05, 4.69) is 32.9 Å². The third-order valence-electron chi connectivity index (χ3n) is 3.26. The summed E-state index contributed by atoms with van der Waals surface area (Å²) in [5.74, 6) is -0.0179. The van der Waals surface area contributed by atoms with Gasteiger partial charge in [-0.2, -0.15) is 5.26 Å². The van der Waals surface area contributed by atoms with E-state index in [1.54, 1.807) is 12.1 Å². The normalized spacial score (nSPS) is 10.8. The second-order valence-electron chi connectivity index (χ2n) is 4.93. The Hall–Kier alpha value is -2.25. The smallest absolute Gasteiger partial charge is 0.338 e. The van der Waals surface area contributed by atoms with Gasteiger partial charge in [-0.3, -0.25) is 5.32 Å². The minimum Gasteiger partial charge on any atom is -0.487 e. The van der Waals surface area contributed by atoms with Gasteiger partial charge in [0.25, 0.3) is 0 Å². The standard InChI is InChI=1S/C18H16IN3O3S/c1-24-17(23)13-8-14(19)16(22-18(26-2)21-11-20)15(9-13)25-10-12-6-4-3-5-7-12/h3-9H,10H2,1-2H3,(H,21,22). The van der Waals surface area contributed by atoms with Gasteiger partial charge in [0.05, 0.1) is 12.7 Å². The maximum atomic E-state index is 11.9. The number of methoxy groups -OCH3 is 1. The van der Waals surface area contributed by atoms with Crippen molar-refractivity contribution >= 4 is 51.2 Å². The molecule has 8 heteroatoms. The topological polar surface area (TPSA) is 83.7 Å². The van der Waals surface area contributed by atoms with E-state index in [1.165, 1.54) is 18.9 Å². The van der Waals surface area contributed by atoms with E-state index in [9.17, 15) is 4.79 Å². The van der Waals surface area contributed by atoms with E-state index >= 15 is 0 Å². The number of aliphatic imine (C=N–C) groups is 1. The summed E-state index contributed by atoms with van der Waals surface area (Å²) < 4.78 is 11.4. The number of benzene rings is 2. The summed E-state index contributed by atoms with van der Waals surface area (Å²) in [5.41, 5.74) is 1.90. The number of carbonyl (C=O) groups is 1. The first-order chi connectivity index (χ1) is 12.6. The molecule has 0 aromatic heterocycles. The van der Waals surface area contributed by atoms with Crippen LogP contribution in [0.4, 0.5) is 5.69 Å². The average molecular weight is 481 g/mol. The maximum absolute atomic E-state index is 11.9. The Labute approximate surface area is 169 Å². The molecule has 1 N–H and O–H groups in total. The second kappa shape index (κ2) is 10.0. The minimum absolute atomic E-state index is 0.324. The SMILES string of the molecule is COC(=O)c1cc(I)c(N=C(NC#N)SC)c(OCc2ccccc2)c1. The molecule has 0 aliphatic carbocycles. The van der Waals surface area contributed by atoms with Crippen molar-refractivity contribution in [1.29, 1.82) is 5.26 Å². The number of nitrogens with zero attached hydrogens (tertiary/aromatic N) is 2. The van der Waals surface area contributed by atoms with E-state index in [0.717, 1.165) is 5.56 Å². The molecule has 0 heterocycles. The molecule has 0 atom stereocenters. The van der Waals surface area contributed by atoms with E-state index in [0.29, 0.717) is 32.3 Å². The van der Waals surface area contributed by atoms with Crippen molar-refractivity contribution in [3.05, 3.63) is 57.2 Å². The number of carbonyl (C=O) groups excluding carboxylic acids is 1. The monoisotopic (exact) mass is 481 g/mol. The van der Waals surface area contributed by atoms with Gasteiger partial charge in [0.1, 0.15) is 18.0 Å². The Bertz CT molecular complexity index is 851. The summed E-state index contributed by atoms with van der Waals surface area (Å²) in [5, 5.41) is 11.8. The average Bonchev–Trinajstić information content (AvgIpc) is 2.67. The number of nitriles is 1. The molecule has 6 nitrogen and oxygen atoms in total. The van der Waals surface area contributed by atoms with Crippen LogP contribution in [0, 0.1) is 15.0 Å². The molecule has 0 bridgehead atoms. The predicted molar refractivity (Wildman–Crippen MR) is 111 cm³/mol. The Kier molecular flexibility index (Phi) is 7.74. The number of hydrogen-bond donors (Lipinski definition) is 1. The number of nitrogens with one attached hydrogen (secondary N) is 1. The van der Waals surface area contributed by atoms with Crippen LogP contribution in [0.25, 0.3) is 0 Å². The molecular formula is C18H16IN3O3S. The molecule has 134 valence electrons. The highest BCUT2D eigenvalue weighted by Crippen LogP contribution is 2.35. The zero-order chi connectivity index (χ0) is 18.9. The first kappa shape index (κ1) is 20.1. The van der Waals surface area contributed by atoms with Crippen LogP contribution in [0.1, 0.15) is 15.9 Å². The third kappa shape index (κ3) is 5.37. The molecule has 26 heavy (non-hydrogen) atoms. The van der Waals surface area contributed by atoms with Crippen molar-refractivity contribution < 1.29 is 14.3 Å². The fourth-order valence-electron chi connectivity index (χ4n) is 2.04. The van der Waals surface area contributed by atoms with Crippen LogP contribution >= 0.6 is 34.4 Å². The molecule has 0 saturated carbocycles. The fraction of sp³-hybridized carbons (Fsp3) is 0.167. The van der Waals surface area contributed by atoms with Gasteiger partial charge in [-0.15, -0.1) is 0 Å². The van der Waals surface area contributed by atoms with Crippen LogP contribution < -0.4 is 10.1 Å². The van der Waals surface area contributed by atoms with Crippen LogP contribution in [0.2, 0.25) is 0 Å². The van der Waals surface area contributed by atoms with Crippen LogP contribution in [-0.2, 0) is 11.3 Å². The molecule has 0 aliphatic rings. The lowest BCUT2D eigenvalue weighted by molar-refractivity contribution is 0.0600. The number of amidine groups is 1. The fourth-order valence-corrected chi connectivity index (χ4v) is 3.09. The van der Waals surface area contributed by atoms with Gasteiger partial charge in [-0.1, -0.05) is 42.1 Å². The molecule has 0 radical (unpaired) electrons. The highest BCUT2D eigenvalue weighted by Gasteiger charge is 2.16. The van der Waals surface area contributed by atoms with Crippen molar-refractivity contribution in [3.63, 3.8) is 0 Å². The van der Waals surface area contributed by atoms with E-state index in [1.807, 2.05) is 42.8 Å². The molecule has 2 aromatic rings. The number of halogens is 1. The number of hydrogen-bond acceptors (Lipinski definition) is 6. The Balaban J connectivity index is 2.44. The van der Waals surface area contributed by atoms with Crippen LogP contribution in [0.15, 0.2) is 47.5 Å². The van der Waals surface area contributed by atoms with Crippen molar-refractivity contribution in [2.24, 2.45) is 4.99 Å². The maximum Gasteiger partial charge on any atom is 0.338 e. The van der Waals surface area contributed by atoms with Crippen LogP contribution in [0.3, 0.4) is 0 Å². The Morgan fingerprint density at radius 1 is 1.35 bits per heavy atom. The van der Waals surface area contributed by atoms with Gasteiger partial charge in [-0.25, -0.2) is 9.79 Å². The molecule has 0 saturated heterocycles. The predicted octanol–water partition coefficient (Wildman–Crippen LogP) is 4.08. The molecule has 0 aliphatic heterocycles. The zero-order valence-electron chi connectivity index (χ0n) is 14.2. The zero-order valence-corrected chi connectivity index (χ0v) is 17.1. The lowest BCUT2D eigenvalue weighted by Crippen LogP contribution is -2.13. The number of thioether (sulfide) groups is 1. The summed E-state index contributed by atoms with van der Waals surface area (Å²) in [6.07, 6.45) is 3.66. The van der Waals surface area contributed by atoms with Gasteiger partial charge in [0.15, 0.2) is 11.4 Å². The van der Waals surface area contributed by atoms with Crippen molar-refractivity contribution in [3.8, 4) is 11.9 Å². The van der Waals surface area contributed by atoms with Gasteiger partial charge in [-0.05, 0) is 46.5 Å². The highest BCUT2D eigenvalue weighted by atomic mass is 127. The molecular weight excluding hydrogens is 465 g/mol. The first-order valence-corrected chi connectivity index (χ1v) is 9.75. The van der Waals surface area contributed by atoms with Crippen LogP contribution in [-0.4, -0.2) is 24.5 Å². The van der Waals surface area contributed by atoms with Gasteiger partial charge < -0.3 is 9.47 Å². The largest absolute Gasteiger partial charge is 0.487 e. The van der Waals surface area contributed by atoms with E-state index < -0.39 is 5.97 Å². The molecule has 2 rings (SSSR count). The lowest BCUT2D eigenvalue weighted by atomic mass is 10.2. The summed E-state index contributed by atoms with van der Waals surface area (Å²) in [6.45, 7) is 0.324. The summed E-state index contributed by atoms with van der Waals surface area (Å²) in [4.78, 5) is 16.4. The summed E-state index contributed by atoms with van der Waals surface area (Å²) in [7, 11) is 1.33. The van der Waals surface area contributed by atoms with E-state index in [-0.39, 0.29) is 0 Å². The quantitative estimate of drug-likeness (QED) is 0.173. The highest BCUT2D eigenvalue weighted by molar-refractivity contribution is 14.1. The number of esters is 1.